The van der Waals surface area contributed by atoms with E-state index in [9.17, 15) is 0 Å². The van der Waals surface area contributed by atoms with Gasteiger partial charge in [-0.3, -0.25) is 0 Å². The van der Waals surface area contributed by atoms with Crippen molar-refractivity contribution < 1.29 is 9.84 Å². The van der Waals surface area contributed by atoms with Crippen LogP contribution >= 0.6 is 0 Å². The molecule has 102 valence electrons. The van der Waals surface area contributed by atoms with E-state index in [-0.39, 0.29) is 12.6 Å². The summed E-state index contributed by atoms with van der Waals surface area (Å²) in [6.45, 7) is 5.03. The smallest absolute Gasteiger partial charge is 0.124 e. The SMILES string of the molecule is Cc1ccc([C@H](C)N)c(OCCCCCCO)c1. The van der Waals surface area contributed by atoms with Gasteiger partial charge in [0.25, 0.3) is 0 Å². The molecule has 3 nitrogen and oxygen atoms in total. The van der Waals surface area contributed by atoms with E-state index in [1.165, 1.54) is 5.56 Å². The predicted molar refractivity (Wildman–Crippen MR) is 74.8 cm³/mol. The Kier molecular flexibility index (Phi) is 6.76. The average Bonchev–Trinajstić information content (AvgIpc) is 2.33. The molecule has 0 bridgehead atoms. The van der Waals surface area contributed by atoms with Gasteiger partial charge in [-0.25, -0.2) is 0 Å². The maximum absolute atomic E-state index is 8.68. The lowest BCUT2D eigenvalue weighted by Crippen LogP contribution is -2.09. The Bertz CT molecular complexity index is 350. The van der Waals surface area contributed by atoms with E-state index in [4.69, 9.17) is 15.6 Å². The Morgan fingerprint density at radius 3 is 2.61 bits per heavy atom. The molecule has 1 atom stereocenters. The summed E-state index contributed by atoms with van der Waals surface area (Å²) >= 11 is 0. The van der Waals surface area contributed by atoms with Crippen LogP contribution in [0.1, 0.15) is 49.8 Å². The van der Waals surface area contributed by atoms with Gasteiger partial charge in [0, 0.05) is 18.2 Å². The molecule has 3 heteroatoms. The van der Waals surface area contributed by atoms with Crippen LogP contribution < -0.4 is 10.5 Å². The molecule has 0 radical (unpaired) electrons. The summed E-state index contributed by atoms with van der Waals surface area (Å²) in [7, 11) is 0. The van der Waals surface area contributed by atoms with Crippen molar-refractivity contribution in [3.05, 3.63) is 29.3 Å². The van der Waals surface area contributed by atoms with Crippen molar-refractivity contribution in [2.75, 3.05) is 13.2 Å². The number of unbranched alkanes of at least 4 members (excludes halogenated alkanes) is 3. The first kappa shape index (κ1) is 15.0. The van der Waals surface area contributed by atoms with Gasteiger partial charge in [-0.05, 0) is 44.7 Å². The van der Waals surface area contributed by atoms with Gasteiger partial charge < -0.3 is 15.6 Å². The van der Waals surface area contributed by atoms with E-state index in [0.29, 0.717) is 6.61 Å². The van der Waals surface area contributed by atoms with Crippen LogP contribution in [0.15, 0.2) is 18.2 Å². The molecule has 0 aromatic heterocycles. The summed E-state index contributed by atoms with van der Waals surface area (Å²) in [6, 6.07) is 6.15. The zero-order chi connectivity index (χ0) is 13.4. The summed E-state index contributed by atoms with van der Waals surface area (Å²) in [5.41, 5.74) is 8.18. The topological polar surface area (TPSA) is 55.5 Å². The van der Waals surface area contributed by atoms with Crippen molar-refractivity contribution in [3.63, 3.8) is 0 Å². The van der Waals surface area contributed by atoms with Gasteiger partial charge in [0.1, 0.15) is 5.75 Å². The fraction of sp³-hybridized carbons (Fsp3) is 0.600. The molecule has 1 aromatic rings. The second-order valence-electron chi connectivity index (χ2n) is 4.82. The van der Waals surface area contributed by atoms with Crippen LogP contribution in [0.25, 0.3) is 0 Å². The lowest BCUT2D eigenvalue weighted by Gasteiger charge is -2.14. The molecule has 18 heavy (non-hydrogen) atoms. The highest BCUT2D eigenvalue weighted by molar-refractivity contribution is 5.38. The van der Waals surface area contributed by atoms with Crippen LogP contribution in [0.4, 0.5) is 0 Å². The summed E-state index contributed by atoms with van der Waals surface area (Å²) in [4.78, 5) is 0. The van der Waals surface area contributed by atoms with Crippen LogP contribution in [-0.2, 0) is 0 Å². The first-order chi connectivity index (χ1) is 8.65. The van der Waals surface area contributed by atoms with Gasteiger partial charge >= 0.3 is 0 Å². The molecule has 0 amide bonds. The van der Waals surface area contributed by atoms with Crippen molar-refractivity contribution in [2.24, 2.45) is 5.73 Å². The molecular weight excluding hydrogens is 226 g/mol. The number of hydrogen-bond acceptors (Lipinski definition) is 3. The number of aryl methyl sites for hydroxylation is 1. The minimum Gasteiger partial charge on any atom is -0.493 e. The Morgan fingerprint density at radius 2 is 1.94 bits per heavy atom. The number of hydrogen-bond donors (Lipinski definition) is 2. The molecule has 1 rings (SSSR count). The highest BCUT2D eigenvalue weighted by atomic mass is 16.5. The zero-order valence-electron chi connectivity index (χ0n) is 11.5. The van der Waals surface area contributed by atoms with Gasteiger partial charge in [0.05, 0.1) is 6.61 Å². The maximum atomic E-state index is 8.68. The molecule has 1 aromatic carbocycles. The zero-order valence-corrected chi connectivity index (χ0v) is 11.5. The van der Waals surface area contributed by atoms with E-state index < -0.39 is 0 Å². The second kappa shape index (κ2) is 8.11. The van der Waals surface area contributed by atoms with Crippen molar-refractivity contribution >= 4 is 0 Å². The van der Waals surface area contributed by atoms with Gasteiger partial charge in [-0.15, -0.1) is 0 Å². The van der Waals surface area contributed by atoms with Crippen molar-refractivity contribution in [1.82, 2.24) is 0 Å². The van der Waals surface area contributed by atoms with Crippen LogP contribution in [0.3, 0.4) is 0 Å². The fourth-order valence-electron chi connectivity index (χ4n) is 1.89. The average molecular weight is 251 g/mol. The largest absolute Gasteiger partial charge is 0.493 e. The highest BCUT2D eigenvalue weighted by Gasteiger charge is 2.07. The van der Waals surface area contributed by atoms with Crippen LogP contribution in [0, 0.1) is 6.92 Å². The number of rotatable bonds is 8. The minimum absolute atomic E-state index is 0.00464. The Morgan fingerprint density at radius 1 is 1.22 bits per heavy atom. The Balaban J connectivity index is 2.43. The quantitative estimate of drug-likeness (QED) is 0.698. The molecule has 0 saturated carbocycles. The monoisotopic (exact) mass is 251 g/mol. The highest BCUT2D eigenvalue weighted by Crippen LogP contribution is 2.25. The minimum atomic E-state index is -0.00464. The number of nitrogens with two attached hydrogens (primary N) is 1. The molecule has 3 N–H and O–H groups in total. The summed E-state index contributed by atoms with van der Waals surface area (Å²) in [5, 5.41) is 8.68. The van der Waals surface area contributed by atoms with Gasteiger partial charge in [0.2, 0.25) is 0 Å². The summed E-state index contributed by atoms with van der Waals surface area (Å²) in [6.07, 6.45) is 4.07. The van der Waals surface area contributed by atoms with E-state index >= 15 is 0 Å². The lowest BCUT2D eigenvalue weighted by atomic mass is 10.1. The molecule has 0 aliphatic heterocycles. The molecule has 0 fully saturated rings. The molecule has 0 spiro atoms. The van der Waals surface area contributed by atoms with E-state index in [0.717, 1.165) is 37.0 Å². The first-order valence-electron chi connectivity index (χ1n) is 6.75. The van der Waals surface area contributed by atoms with Crippen LogP contribution in [0.2, 0.25) is 0 Å². The Hall–Kier alpha value is -1.06. The lowest BCUT2D eigenvalue weighted by molar-refractivity contribution is 0.272. The standard InChI is InChI=1S/C15H25NO2/c1-12-7-8-14(13(2)16)15(11-12)18-10-6-4-3-5-9-17/h7-8,11,13,17H,3-6,9-10,16H2,1-2H3/t13-/m0/s1. The predicted octanol–water partition coefficient (Wildman–Crippen LogP) is 2.95. The fourth-order valence-corrected chi connectivity index (χ4v) is 1.89. The third-order valence-electron chi connectivity index (χ3n) is 2.97. The molecule has 0 saturated heterocycles. The number of benzene rings is 1. The van der Waals surface area contributed by atoms with E-state index in [1.54, 1.807) is 0 Å². The molecule has 0 aliphatic rings. The maximum Gasteiger partial charge on any atom is 0.124 e. The first-order valence-corrected chi connectivity index (χ1v) is 6.75. The van der Waals surface area contributed by atoms with Gasteiger partial charge in [0.15, 0.2) is 0 Å². The molecule has 0 unspecified atom stereocenters. The van der Waals surface area contributed by atoms with Crippen molar-refractivity contribution in [2.45, 2.75) is 45.6 Å². The summed E-state index contributed by atoms with van der Waals surface area (Å²) in [5.74, 6) is 0.909. The number of aliphatic hydroxyl groups is 1. The molecule has 0 heterocycles. The van der Waals surface area contributed by atoms with Gasteiger partial charge in [-0.1, -0.05) is 18.6 Å². The van der Waals surface area contributed by atoms with E-state index in [2.05, 4.69) is 13.0 Å². The third kappa shape index (κ3) is 5.07. The number of aliphatic hydroxyl groups excluding tert-OH is 1. The summed E-state index contributed by atoms with van der Waals surface area (Å²) < 4.78 is 5.82. The van der Waals surface area contributed by atoms with Crippen LogP contribution in [-0.4, -0.2) is 18.3 Å². The normalized spacial score (nSPS) is 12.4. The third-order valence-corrected chi connectivity index (χ3v) is 2.97. The van der Waals surface area contributed by atoms with Gasteiger partial charge in [-0.2, -0.15) is 0 Å². The molecular formula is C15H25NO2. The number of ether oxygens (including phenoxy) is 1. The Labute approximate surface area is 110 Å². The van der Waals surface area contributed by atoms with E-state index in [1.807, 2.05) is 19.1 Å². The van der Waals surface area contributed by atoms with Crippen molar-refractivity contribution in [1.29, 1.82) is 0 Å². The van der Waals surface area contributed by atoms with Crippen LogP contribution in [0.5, 0.6) is 5.75 Å². The van der Waals surface area contributed by atoms with Crippen molar-refractivity contribution in [3.8, 4) is 5.75 Å². The second-order valence-corrected chi connectivity index (χ2v) is 4.82. The molecule has 0 aliphatic carbocycles.